The SMILES string of the molecule is CCCCCCCCCCCCCCCCCCCCCCCC(=O)N[C@@H](CO)[C@H](O)CCCCCCCCCCC(C)CC. The minimum absolute atomic E-state index is 0.0285. The zero-order chi connectivity index (χ0) is 33.1. The Labute approximate surface area is 283 Å². The van der Waals surface area contributed by atoms with Crippen molar-refractivity contribution < 1.29 is 15.0 Å². The third kappa shape index (κ3) is 33.1. The van der Waals surface area contributed by atoms with Crippen molar-refractivity contribution in [3.8, 4) is 0 Å². The first-order valence-electron chi connectivity index (χ1n) is 20.6. The predicted octanol–water partition coefficient (Wildman–Crippen LogP) is 12.4. The maximum Gasteiger partial charge on any atom is 0.220 e. The fourth-order valence-electron chi connectivity index (χ4n) is 6.57. The predicted molar refractivity (Wildman–Crippen MR) is 198 cm³/mol. The summed E-state index contributed by atoms with van der Waals surface area (Å²) in [6, 6.07) is -0.530. The number of hydrogen-bond donors (Lipinski definition) is 3. The van der Waals surface area contributed by atoms with E-state index in [2.05, 4.69) is 26.1 Å². The highest BCUT2D eigenvalue weighted by atomic mass is 16.3. The standard InChI is InChI=1S/C41H83NO3/c1-4-6-7-8-9-10-11-12-13-14-15-16-17-18-19-20-21-22-27-30-33-36-41(45)42-39(37-43)40(44)35-32-29-26-24-23-25-28-31-34-38(3)5-2/h38-40,43-44H,4-37H2,1-3H3,(H,42,45)/t38?,39-,40+/m0/s1. The summed E-state index contributed by atoms with van der Waals surface area (Å²) < 4.78 is 0. The van der Waals surface area contributed by atoms with Gasteiger partial charge < -0.3 is 15.5 Å². The molecule has 0 aromatic heterocycles. The molecule has 0 fully saturated rings. The highest BCUT2D eigenvalue weighted by Gasteiger charge is 2.20. The Hall–Kier alpha value is -0.610. The molecule has 270 valence electrons. The fraction of sp³-hybridized carbons (Fsp3) is 0.976. The molecule has 0 rings (SSSR count). The number of aliphatic hydroxyl groups is 2. The van der Waals surface area contributed by atoms with Gasteiger partial charge in [0, 0.05) is 6.42 Å². The van der Waals surface area contributed by atoms with E-state index in [0.29, 0.717) is 12.8 Å². The number of nitrogens with one attached hydrogen (secondary N) is 1. The number of hydrogen-bond acceptors (Lipinski definition) is 3. The van der Waals surface area contributed by atoms with Gasteiger partial charge in [-0.2, -0.15) is 0 Å². The summed E-state index contributed by atoms with van der Waals surface area (Å²) in [6.07, 6.45) is 41.7. The number of rotatable bonds is 37. The third-order valence-corrected chi connectivity index (χ3v) is 10.2. The number of carbonyl (C=O) groups excluding carboxylic acids is 1. The number of amides is 1. The second-order valence-electron chi connectivity index (χ2n) is 14.7. The Morgan fingerprint density at radius 3 is 1.20 bits per heavy atom. The number of unbranched alkanes of at least 4 members (excludes halogenated alkanes) is 27. The van der Waals surface area contributed by atoms with Crippen molar-refractivity contribution in [3.05, 3.63) is 0 Å². The number of aliphatic hydroxyl groups excluding tert-OH is 2. The lowest BCUT2D eigenvalue weighted by molar-refractivity contribution is -0.123. The molecule has 0 saturated heterocycles. The van der Waals surface area contributed by atoms with Gasteiger partial charge in [-0.1, -0.05) is 213 Å². The molecule has 0 bridgehead atoms. The molecule has 45 heavy (non-hydrogen) atoms. The van der Waals surface area contributed by atoms with Crippen LogP contribution < -0.4 is 5.32 Å². The van der Waals surface area contributed by atoms with E-state index in [1.54, 1.807) is 0 Å². The van der Waals surface area contributed by atoms with Crippen molar-refractivity contribution >= 4 is 5.91 Å². The Morgan fingerprint density at radius 1 is 0.511 bits per heavy atom. The molecule has 0 aromatic rings. The summed E-state index contributed by atoms with van der Waals surface area (Å²) in [6.45, 7) is 6.73. The van der Waals surface area contributed by atoms with Crippen LogP contribution in [-0.2, 0) is 4.79 Å². The molecule has 0 aliphatic carbocycles. The Kier molecular flexibility index (Phi) is 35.7. The van der Waals surface area contributed by atoms with Gasteiger partial charge in [-0.25, -0.2) is 0 Å². The van der Waals surface area contributed by atoms with Crippen molar-refractivity contribution in [1.82, 2.24) is 5.32 Å². The molecular weight excluding hydrogens is 554 g/mol. The van der Waals surface area contributed by atoms with Crippen LogP contribution in [0.4, 0.5) is 0 Å². The molecule has 0 aromatic carbocycles. The third-order valence-electron chi connectivity index (χ3n) is 10.2. The molecule has 1 unspecified atom stereocenters. The van der Waals surface area contributed by atoms with Crippen molar-refractivity contribution in [2.45, 2.75) is 245 Å². The van der Waals surface area contributed by atoms with Crippen LogP contribution in [0.2, 0.25) is 0 Å². The fourth-order valence-corrected chi connectivity index (χ4v) is 6.57. The quantitative estimate of drug-likeness (QED) is 0.0594. The molecular formula is C41H83NO3. The van der Waals surface area contributed by atoms with E-state index >= 15 is 0 Å². The van der Waals surface area contributed by atoms with E-state index < -0.39 is 12.1 Å². The van der Waals surface area contributed by atoms with Crippen LogP contribution in [0.15, 0.2) is 0 Å². The van der Waals surface area contributed by atoms with Crippen LogP contribution in [0.1, 0.15) is 233 Å². The smallest absolute Gasteiger partial charge is 0.220 e. The maximum atomic E-state index is 12.4. The second-order valence-corrected chi connectivity index (χ2v) is 14.7. The Morgan fingerprint density at radius 2 is 0.844 bits per heavy atom. The van der Waals surface area contributed by atoms with Crippen LogP contribution >= 0.6 is 0 Å². The molecule has 4 heteroatoms. The zero-order valence-electron chi connectivity index (χ0n) is 31.1. The van der Waals surface area contributed by atoms with Gasteiger partial charge in [-0.05, 0) is 18.8 Å². The average molecular weight is 638 g/mol. The molecule has 1 amide bonds. The molecule has 3 N–H and O–H groups in total. The summed E-state index contributed by atoms with van der Waals surface area (Å²) in [5, 5.41) is 23.1. The molecule has 0 aliphatic heterocycles. The van der Waals surface area contributed by atoms with Crippen LogP contribution in [0.3, 0.4) is 0 Å². The van der Waals surface area contributed by atoms with Gasteiger partial charge in [0.25, 0.3) is 0 Å². The molecule has 0 spiro atoms. The first-order valence-corrected chi connectivity index (χ1v) is 20.6. The minimum atomic E-state index is -0.653. The Bertz CT molecular complexity index is 583. The molecule has 0 heterocycles. The van der Waals surface area contributed by atoms with Crippen LogP contribution in [0, 0.1) is 5.92 Å². The molecule has 0 aliphatic rings. The van der Waals surface area contributed by atoms with E-state index in [1.807, 2.05) is 0 Å². The van der Waals surface area contributed by atoms with E-state index in [0.717, 1.165) is 31.6 Å². The molecule has 4 nitrogen and oxygen atoms in total. The largest absolute Gasteiger partial charge is 0.394 e. The van der Waals surface area contributed by atoms with Gasteiger partial charge in [0.15, 0.2) is 0 Å². The van der Waals surface area contributed by atoms with E-state index in [1.165, 1.54) is 173 Å². The van der Waals surface area contributed by atoms with Gasteiger partial charge in [0.2, 0.25) is 5.91 Å². The summed E-state index contributed by atoms with van der Waals surface area (Å²) >= 11 is 0. The van der Waals surface area contributed by atoms with Gasteiger partial charge >= 0.3 is 0 Å². The van der Waals surface area contributed by atoms with E-state index in [4.69, 9.17) is 0 Å². The topological polar surface area (TPSA) is 69.6 Å². The highest BCUT2D eigenvalue weighted by Crippen LogP contribution is 2.17. The van der Waals surface area contributed by atoms with Crippen LogP contribution in [0.25, 0.3) is 0 Å². The van der Waals surface area contributed by atoms with Gasteiger partial charge in [-0.3, -0.25) is 4.79 Å². The lowest BCUT2D eigenvalue weighted by atomic mass is 9.99. The van der Waals surface area contributed by atoms with Gasteiger partial charge in [0.1, 0.15) is 0 Å². The maximum absolute atomic E-state index is 12.4. The first-order chi connectivity index (χ1) is 22.0. The second kappa shape index (κ2) is 36.2. The minimum Gasteiger partial charge on any atom is -0.394 e. The summed E-state index contributed by atoms with van der Waals surface area (Å²) in [5.41, 5.74) is 0. The van der Waals surface area contributed by atoms with Crippen molar-refractivity contribution in [2.24, 2.45) is 5.92 Å². The summed E-state index contributed by atoms with van der Waals surface area (Å²) in [4.78, 5) is 12.4. The lowest BCUT2D eigenvalue weighted by Gasteiger charge is -2.22. The average Bonchev–Trinajstić information content (AvgIpc) is 3.04. The monoisotopic (exact) mass is 638 g/mol. The van der Waals surface area contributed by atoms with Crippen LogP contribution in [-0.4, -0.2) is 34.9 Å². The number of carbonyl (C=O) groups is 1. The van der Waals surface area contributed by atoms with E-state index in [-0.39, 0.29) is 12.5 Å². The molecule has 0 radical (unpaired) electrons. The first kappa shape index (κ1) is 44.4. The molecule has 0 saturated carbocycles. The van der Waals surface area contributed by atoms with Crippen molar-refractivity contribution in [3.63, 3.8) is 0 Å². The summed E-state index contributed by atoms with van der Waals surface area (Å²) in [5.74, 6) is 0.844. The zero-order valence-corrected chi connectivity index (χ0v) is 31.1. The molecule has 3 atom stereocenters. The van der Waals surface area contributed by atoms with Crippen molar-refractivity contribution in [1.29, 1.82) is 0 Å². The van der Waals surface area contributed by atoms with E-state index in [9.17, 15) is 15.0 Å². The highest BCUT2D eigenvalue weighted by molar-refractivity contribution is 5.76. The Balaban J connectivity index is 3.47. The van der Waals surface area contributed by atoms with Crippen molar-refractivity contribution in [2.75, 3.05) is 6.61 Å². The van der Waals surface area contributed by atoms with Gasteiger partial charge in [-0.15, -0.1) is 0 Å². The lowest BCUT2D eigenvalue weighted by Crippen LogP contribution is -2.45. The normalized spacial score (nSPS) is 13.6. The van der Waals surface area contributed by atoms with Crippen LogP contribution in [0.5, 0.6) is 0 Å². The van der Waals surface area contributed by atoms with Gasteiger partial charge in [0.05, 0.1) is 18.8 Å². The summed E-state index contributed by atoms with van der Waals surface area (Å²) in [7, 11) is 0.